The van der Waals surface area contributed by atoms with Crippen LogP contribution in [0.4, 0.5) is 0 Å². The van der Waals surface area contributed by atoms with Crippen molar-refractivity contribution in [2.45, 2.75) is 0 Å². The van der Waals surface area contributed by atoms with Gasteiger partial charge in [-0.1, -0.05) is 48.6 Å². The van der Waals surface area contributed by atoms with Crippen LogP contribution in [0.15, 0.2) is 71.6 Å². The molecule has 0 N–H and O–H groups in total. The fraction of sp³-hybridized carbons (Fsp3) is 0.0714. The molecule has 0 unspecified atom stereocenters. The molecule has 0 atom stereocenters. The van der Waals surface area contributed by atoms with E-state index in [9.17, 15) is 0 Å². The Morgan fingerprint density at radius 1 is 0.933 bits per heavy atom. The van der Waals surface area contributed by atoms with E-state index >= 15 is 0 Å². The third-order valence-electron chi connectivity index (χ3n) is 2.23. The van der Waals surface area contributed by atoms with E-state index in [0.29, 0.717) is 6.61 Å². The summed E-state index contributed by atoms with van der Waals surface area (Å²) in [5, 5.41) is 0. The van der Waals surface area contributed by atoms with E-state index in [-0.39, 0.29) is 0 Å². The lowest BCUT2D eigenvalue weighted by atomic mass is 10.1. The zero-order valence-corrected chi connectivity index (χ0v) is 8.52. The van der Waals surface area contributed by atoms with Crippen LogP contribution in [-0.2, 0) is 4.74 Å². The molecule has 1 radical (unpaired) electrons. The molecule has 0 bridgehead atoms. The summed E-state index contributed by atoms with van der Waals surface area (Å²) in [6.45, 7) is 4.14. The van der Waals surface area contributed by atoms with Gasteiger partial charge in [0, 0.05) is 5.57 Å². The van der Waals surface area contributed by atoms with Gasteiger partial charge in [0.15, 0.2) is 0 Å². The topological polar surface area (TPSA) is 9.23 Å². The zero-order valence-electron chi connectivity index (χ0n) is 8.52. The Labute approximate surface area is 90.4 Å². The highest BCUT2D eigenvalue weighted by Crippen LogP contribution is 2.24. The summed E-state index contributed by atoms with van der Waals surface area (Å²) < 4.78 is 5.51. The Bertz CT molecular complexity index is 415. The van der Waals surface area contributed by atoms with Crippen molar-refractivity contribution in [3.63, 3.8) is 0 Å². The van der Waals surface area contributed by atoms with Crippen LogP contribution >= 0.6 is 0 Å². The van der Waals surface area contributed by atoms with Gasteiger partial charge in [-0.05, 0) is 18.6 Å². The second kappa shape index (κ2) is 4.65. The van der Waals surface area contributed by atoms with Crippen LogP contribution in [0.3, 0.4) is 0 Å². The largest absolute Gasteiger partial charge is 0.493 e. The number of hydrogen-bond donors (Lipinski definition) is 0. The molecule has 0 fully saturated rings. The summed E-state index contributed by atoms with van der Waals surface area (Å²) in [5.41, 5.74) is 2.27. The van der Waals surface area contributed by atoms with E-state index in [0.717, 1.165) is 16.9 Å². The van der Waals surface area contributed by atoms with Crippen molar-refractivity contribution < 1.29 is 4.74 Å². The molecule has 75 valence electrons. The molecule has 2 aliphatic rings. The van der Waals surface area contributed by atoms with Crippen LogP contribution in [0, 0.1) is 6.92 Å². The van der Waals surface area contributed by atoms with Crippen molar-refractivity contribution in [2.75, 3.05) is 6.61 Å². The molecule has 0 saturated carbocycles. The second-order valence-electron chi connectivity index (χ2n) is 3.21. The van der Waals surface area contributed by atoms with Crippen LogP contribution in [0.25, 0.3) is 0 Å². The van der Waals surface area contributed by atoms with E-state index in [1.165, 1.54) is 0 Å². The van der Waals surface area contributed by atoms with E-state index in [2.05, 4.69) is 25.2 Å². The number of allylic oxidation sites excluding steroid dienone is 11. The lowest BCUT2D eigenvalue weighted by molar-refractivity contribution is 0.258. The summed E-state index contributed by atoms with van der Waals surface area (Å²) in [5.74, 6) is 0.876. The fourth-order valence-corrected chi connectivity index (χ4v) is 1.56. The predicted octanol–water partition coefficient (Wildman–Crippen LogP) is 3.27. The molecule has 1 nitrogen and oxygen atoms in total. The number of ether oxygens (including phenoxy) is 1. The third-order valence-corrected chi connectivity index (χ3v) is 2.23. The van der Waals surface area contributed by atoms with Gasteiger partial charge < -0.3 is 4.74 Å². The van der Waals surface area contributed by atoms with Gasteiger partial charge in [0.25, 0.3) is 0 Å². The maximum atomic E-state index is 5.51. The quantitative estimate of drug-likeness (QED) is 0.660. The minimum absolute atomic E-state index is 0.442. The molecule has 0 aliphatic heterocycles. The molecule has 0 aromatic rings. The molecule has 15 heavy (non-hydrogen) atoms. The molecule has 1 heteroatoms. The van der Waals surface area contributed by atoms with Gasteiger partial charge in [-0.25, -0.2) is 0 Å². The van der Waals surface area contributed by atoms with Crippen LogP contribution in [-0.4, -0.2) is 6.61 Å². The molecular formula is C14H13O. The molecule has 2 rings (SSSR count). The first-order valence-electron chi connectivity index (χ1n) is 4.98. The number of fused-ring (bicyclic) bond motifs is 1. The Hall–Kier alpha value is -1.76. The highest BCUT2D eigenvalue weighted by molar-refractivity contribution is 5.55. The van der Waals surface area contributed by atoms with E-state index < -0.39 is 0 Å². The van der Waals surface area contributed by atoms with Gasteiger partial charge in [0.2, 0.25) is 0 Å². The molecule has 0 saturated heterocycles. The van der Waals surface area contributed by atoms with Crippen molar-refractivity contribution in [3.8, 4) is 0 Å². The van der Waals surface area contributed by atoms with Crippen LogP contribution in [0.2, 0.25) is 0 Å². The minimum Gasteiger partial charge on any atom is -0.493 e. The first-order chi connectivity index (χ1) is 7.42. The molecule has 0 spiro atoms. The van der Waals surface area contributed by atoms with Gasteiger partial charge in [-0.2, -0.15) is 0 Å². The summed E-state index contributed by atoms with van der Waals surface area (Å²) >= 11 is 0. The molecule has 0 heterocycles. The standard InChI is InChI=1S/C14H13O/c1-2-15-14-11-7-6-9-12-8-4-3-5-10-13(12)14/h3-11H,1-2H2. The van der Waals surface area contributed by atoms with Gasteiger partial charge in [0.05, 0.1) is 6.61 Å². The summed E-state index contributed by atoms with van der Waals surface area (Å²) in [6, 6.07) is 0. The molecule has 0 amide bonds. The molecule has 0 aromatic heterocycles. The van der Waals surface area contributed by atoms with Crippen LogP contribution in [0.1, 0.15) is 0 Å². The van der Waals surface area contributed by atoms with Gasteiger partial charge in [-0.3, -0.25) is 0 Å². The van der Waals surface area contributed by atoms with E-state index in [1.54, 1.807) is 0 Å². The maximum absolute atomic E-state index is 5.51. The predicted molar refractivity (Wildman–Crippen MR) is 63.0 cm³/mol. The monoisotopic (exact) mass is 197 g/mol. The second-order valence-corrected chi connectivity index (χ2v) is 3.21. The van der Waals surface area contributed by atoms with Gasteiger partial charge >= 0.3 is 0 Å². The Morgan fingerprint density at radius 2 is 1.73 bits per heavy atom. The lowest BCUT2D eigenvalue weighted by Gasteiger charge is -2.09. The highest BCUT2D eigenvalue weighted by Gasteiger charge is 2.08. The minimum atomic E-state index is 0.442. The van der Waals surface area contributed by atoms with E-state index in [4.69, 9.17) is 4.74 Å². The fourth-order valence-electron chi connectivity index (χ4n) is 1.56. The maximum Gasteiger partial charge on any atom is 0.127 e. The summed E-state index contributed by atoms with van der Waals surface area (Å²) in [6.07, 6.45) is 18.2. The average Bonchev–Trinajstić information content (AvgIpc) is 2.55. The SMILES string of the molecule is [CH2]COC1=C2C=CC=CC=C2C=CC=C1. The molecular weight excluding hydrogens is 184 g/mol. The zero-order chi connectivity index (χ0) is 10.5. The number of hydrogen-bond acceptors (Lipinski definition) is 1. The van der Waals surface area contributed by atoms with Gasteiger partial charge in [0.1, 0.15) is 5.76 Å². The Balaban J connectivity index is 2.48. The molecule has 0 aromatic carbocycles. The van der Waals surface area contributed by atoms with Crippen molar-refractivity contribution in [1.29, 1.82) is 0 Å². The smallest absolute Gasteiger partial charge is 0.127 e. The summed E-state index contributed by atoms with van der Waals surface area (Å²) in [4.78, 5) is 0. The van der Waals surface area contributed by atoms with Crippen molar-refractivity contribution >= 4 is 0 Å². The van der Waals surface area contributed by atoms with Gasteiger partial charge in [-0.15, -0.1) is 0 Å². The normalized spacial score (nSPS) is 18.3. The van der Waals surface area contributed by atoms with E-state index in [1.807, 2.05) is 36.5 Å². The van der Waals surface area contributed by atoms with Crippen LogP contribution < -0.4 is 0 Å². The highest BCUT2D eigenvalue weighted by atomic mass is 16.5. The van der Waals surface area contributed by atoms with Crippen molar-refractivity contribution in [2.24, 2.45) is 0 Å². The first kappa shape index (κ1) is 9.78. The first-order valence-corrected chi connectivity index (χ1v) is 4.98. The Kier molecular flexibility index (Phi) is 3.03. The Morgan fingerprint density at radius 3 is 2.60 bits per heavy atom. The third kappa shape index (κ3) is 2.18. The van der Waals surface area contributed by atoms with Crippen LogP contribution in [0.5, 0.6) is 0 Å². The average molecular weight is 197 g/mol. The lowest BCUT2D eigenvalue weighted by Crippen LogP contribution is -1.94. The molecule has 2 aliphatic carbocycles. The van der Waals surface area contributed by atoms with Crippen molar-refractivity contribution in [3.05, 3.63) is 78.5 Å². The number of rotatable bonds is 2. The van der Waals surface area contributed by atoms with Crippen molar-refractivity contribution in [1.82, 2.24) is 0 Å². The summed E-state index contributed by atoms with van der Waals surface area (Å²) in [7, 11) is 0.